The molecule has 2 aromatic rings. The van der Waals surface area contributed by atoms with Gasteiger partial charge in [-0.25, -0.2) is 0 Å². The van der Waals surface area contributed by atoms with Crippen molar-refractivity contribution in [1.82, 2.24) is 0 Å². The number of para-hydroxylation sites is 1. The molecule has 0 aliphatic heterocycles. The van der Waals surface area contributed by atoms with Crippen LogP contribution in [0, 0.1) is 0 Å². The third-order valence-electron chi connectivity index (χ3n) is 3.74. The first-order valence-electron chi connectivity index (χ1n) is 7.18. The highest BCUT2D eigenvalue weighted by Crippen LogP contribution is 2.58. The van der Waals surface area contributed by atoms with Gasteiger partial charge in [-0.1, -0.05) is 18.2 Å². The second-order valence-corrected chi connectivity index (χ2v) is 7.87. The van der Waals surface area contributed by atoms with Crippen LogP contribution in [0.5, 0.6) is 5.75 Å². The van der Waals surface area contributed by atoms with Crippen LogP contribution in [0.4, 0.5) is 5.69 Å². The van der Waals surface area contributed by atoms with Crippen LogP contribution < -0.4 is 14.9 Å². The number of aliphatic hydroxyl groups excluding tert-OH is 1. The number of benzene rings is 2. The molecule has 0 amide bonds. The van der Waals surface area contributed by atoms with Crippen molar-refractivity contribution in [2.45, 2.75) is 5.85 Å². The number of methoxy groups -OCH3 is 1. The van der Waals surface area contributed by atoms with Crippen LogP contribution in [0.2, 0.25) is 0 Å². The monoisotopic (exact) mass is 335 g/mol. The maximum absolute atomic E-state index is 13.3. The molecule has 0 saturated heterocycles. The zero-order valence-corrected chi connectivity index (χ0v) is 14.7. The van der Waals surface area contributed by atoms with Gasteiger partial charge in [0.25, 0.3) is 7.37 Å². The molecular weight excluding hydrogens is 313 g/mol. The van der Waals surface area contributed by atoms with E-state index in [2.05, 4.69) is 0 Å². The Labute approximate surface area is 136 Å². The molecule has 0 bridgehead atoms. The summed E-state index contributed by atoms with van der Waals surface area (Å²) in [5.74, 6) is -0.823. The number of nitrogens with zero attached hydrogens (tertiary/aromatic N) is 1. The molecule has 0 radical (unpaired) electrons. The zero-order chi connectivity index (χ0) is 17.0. The summed E-state index contributed by atoms with van der Waals surface area (Å²) < 4.78 is 23.8. The quantitative estimate of drug-likeness (QED) is 0.823. The number of hydrogen-bond donors (Lipinski definition) is 1. The van der Waals surface area contributed by atoms with Gasteiger partial charge in [-0.3, -0.25) is 4.57 Å². The first-order valence-corrected chi connectivity index (χ1v) is 8.88. The molecule has 23 heavy (non-hydrogen) atoms. The predicted octanol–water partition coefficient (Wildman–Crippen LogP) is 3.00. The van der Waals surface area contributed by atoms with Crippen LogP contribution in [0.15, 0.2) is 48.5 Å². The molecule has 0 aromatic heterocycles. The second kappa shape index (κ2) is 7.18. The molecule has 0 spiro atoms. The summed E-state index contributed by atoms with van der Waals surface area (Å²) in [6, 6.07) is 14.1. The van der Waals surface area contributed by atoms with E-state index in [0.29, 0.717) is 16.6 Å². The van der Waals surface area contributed by atoms with Crippen molar-refractivity contribution in [3.8, 4) is 5.75 Å². The minimum Gasteiger partial charge on any atom is -0.496 e. The first kappa shape index (κ1) is 17.5. The Kier molecular flexibility index (Phi) is 5.47. The fourth-order valence-corrected chi connectivity index (χ4v) is 4.20. The number of aliphatic hydroxyl groups is 1. The van der Waals surface area contributed by atoms with Crippen molar-refractivity contribution in [2.24, 2.45) is 0 Å². The summed E-state index contributed by atoms with van der Waals surface area (Å²) in [5, 5.41) is 11.2. The molecular formula is C17H22NO4P. The highest BCUT2D eigenvalue weighted by Gasteiger charge is 2.36. The zero-order valence-electron chi connectivity index (χ0n) is 13.8. The summed E-state index contributed by atoms with van der Waals surface area (Å²) >= 11 is 0. The van der Waals surface area contributed by atoms with Crippen LogP contribution >= 0.6 is 7.37 Å². The van der Waals surface area contributed by atoms with Crippen LogP contribution in [-0.2, 0) is 9.09 Å². The topological polar surface area (TPSA) is 59.0 Å². The van der Waals surface area contributed by atoms with E-state index in [-0.39, 0.29) is 0 Å². The maximum atomic E-state index is 13.3. The van der Waals surface area contributed by atoms with E-state index < -0.39 is 13.2 Å². The highest BCUT2D eigenvalue weighted by atomic mass is 31.2. The standard InChI is InChI=1S/C17H22NO4P/c1-18(2)13-9-11-14(12-10-13)23(20,22-4)17(19)15-7-5-6-8-16(15)21-3/h5-12,17,19H,1-4H3/t17-,23+/m1/s1. The minimum atomic E-state index is -3.50. The van der Waals surface area contributed by atoms with E-state index in [4.69, 9.17) is 9.26 Å². The molecule has 0 fully saturated rings. The van der Waals surface area contributed by atoms with Crippen molar-refractivity contribution in [3.63, 3.8) is 0 Å². The van der Waals surface area contributed by atoms with E-state index in [1.165, 1.54) is 14.2 Å². The molecule has 0 aliphatic carbocycles. The molecule has 6 heteroatoms. The lowest BCUT2D eigenvalue weighted by Gasteiger charge is -2.24. The Morgan fingerprint density at radius 3 is 2.17 bits per heavy atom. The molecule has 0 unspecified atom stereocenters. The second-order valence-electron chi connectivity index (χ2n) is 5.31. The van der Waals surface area contributed by atoms with Crippen molar-refractivity contribution >= 4 is 18.4 Å². The number of anilines is 1. The van der Waals surface area contributed by atoms with E-state index in [1.807, 2.05) is 31.1 Å². The lowest BCUT2D eigenvalue weighted by atomic mass is 10.2. The van der Waals surface area contributed by atoms with Gasteiger partial charge >= 0.3 is 0 Å². The molecule has 0 saturated carbocycles. The van der Waals surface area contributed by atoms with E-state index in [1.54, 1.807) is 36.4 Å². The Bertz CT molecular complexity index is 700. The van der Waals surface area contributed by atoms with Crippen molar-refractivity contribution in [3.05, 3.63) is 54.1 Å². The average molecular weight is 335 g/mol. The fraction of sp³-hybridized carbons (Fsp3) is 0.294. The number of ether oxygens (including phenoxy) is 1. The Hall–Kier alpha value is -1.81. The van der Waals surface area contributed by atoms with E-state index in [0.717, 1.165) is 5.69 Å². The van der Waals surface area contributed by atoms with Gasteiger partial charge in [-0.2, -0.15) is 0 Å². The maximum Gasteiger partial charge on any atom is 0.264 e. The van der Waals surface area contributed by atoms with Crippen LogP contribution in [0.1, 0.15) is 11.4 Å². The predicted molar refractivity (Wildman–Crippen MR) is 93.0 cm³/mol. The lowest BCUT2D eigenvalue weighted by molar-refractivity contribution is 0.224. The normalized spacial score (nSPS) is 14.8. The Morgan fingerprint density at radius 2 is 1.65 bits per heavy atom. The summed E-state index contributed by atoms with van der Waals surface area (Å²) in [6.45, 7) is 0. The summed E-state index contributed by atoms with van der Waals surface area (Å²) in [7, 11) is 3.21. The summed E-state index contributed by atoms with van der Waals surface area (Å²) in [6.07, 6.45) is 0. The average Bonchev–Trinajstić information content (AvgIpc) is 2.60. The van der Waals surface area contributed by atoms with Gasteiger partial charge in [0.2, 0.25) is 0 Å². The third-order valence-corrected chi connectivity index (χ3v) is 6.22. The van der Waals surface area contributed by atoms with Gasteiger partial charge < -0.3 is 19.3 Å². The van der Waals surface area contributed by atoms with Gasteiger partial charge in [0, 0.05) is 37.8 Å². The minimum absolute atomic E-state index is 0.442. The third kappa shape index (κ3) is 3.42. The van der Waals surface area contributed by atoms with Crippen LogP contribution in [-0.4, -0.2) is 33.4 Å². The van der Waals surface area contributed by atoms with Gasteiger partial charge in [0.15, 0.2) is 5.85 Å². The molecule has 2 aromatic carbocycles. The van der Waals surface area contributed by atoms with Crippen molar-refractivity contribution in [1.29, 1.82) is 0 Å². The summed E-state index contributed by atoms with van der Waals surface area (Å²) in [4.78, 5) is 1.94. The summed E-state index contributed by atoms with van der Waals surface area (Å²) in [5.41, 5.74) is 1.42. The largest absolute Gasteiger partial charge is 0.496 e. The van der Waals surface area contributed by atoms with E-state index in [9.17, 15) is 9.67 Å². The van der Waals surface area contributed by atoms with Crippen molar-refractivity contribution < 1.29 is 18.9 Å². The van der Waals surface area contributed by atoms with Crippen LogP contribution in [0.25, 0.3) is 0 Å². The number of rotatable bonds is 6. The lowest BCUT2D eigenvalue weighted by Crippen LogP contribution is -2.15. The molecule has 0 heterocycles. The van der Waals surface area contributed by atoms with Crippen molar-refractivity contribution in [2.75, 3.05) is 33.2 Å². The fourth-order valence-electron chi connectivity index (χ4n) is 2.37. The van der Waals surface area contributed by atoms with Gasteiger partial charge in [-0.05, 0) is 30.3 Å². The SMILES string of the molecule is COc1ccccc1[C@H](O)[P@@](=O)(OC)c1ccc(N(C)C)cc1. The smallest absolute Gasteiger partial charge is 0.264 e. The van der Waals surface area contributed by atoms with Crippen LogP contribution in [0.3, 0.4) is 0 Å². The van der Waals surface area contributed by atoms with Gasteiger partial charge in [-0.15, -0.1) is 0 Å². The molecule has 1 N–H and O–H groups in total. The Morgan fingerprint density at radius 1 is 1.04 bits per heavy atom. The van der Waals surface area contributed by atoms with E-state index >= 15 is 0 Å². The number of hydrogen-bond acceptors (Lipinski definition) is 5. The first-order chi connectivity index (χ1) is 10.9. The molecule has 2 rings (SSSR count). The molecule has 0 aliphatic rings. The molecule has 2 atom stereocenters. The van der Waals surface area contributed by atoms with Gasteiger partial charge in [0.05, 0.1) is 7.11 Å². The van der Waals surface area contributed by atoms with Gasteiger partial charge in [0.1, 0.15) is 5.75 Å². The molecule has 5 nitrogen and oxygen atoms in total. The molecule has 124 valence electrons. The Balaban J connectivity index is 2.45. The highest BCUT2D eigenvalue weighted by molar-refractivity contribution is 7.67.